The molecule has 1 saturated carbocycles. The van der Waals surface area contributed by atoms with Gasteiger partial charge in [-0.15, -0.1) is 0 Å². The number of rotatable bonds is 3. The third kappa shape index (κ3) is 2.74. The Kier molecular flexibility index (Phi) is 4.08. The van der Waals surface area contributed by atoms with Gasteiger partial charge in [0, 0.05) is 19.0 Å². The lowest BCUT2D eigenvalue weighted by Crippen LogP contribution is -2.34. The van der Waals surface area contributed by atoms with E-state index in [1.165, 1.54) is 13.3 Å². The summed E-state index contributed by atoms with van der Waals surface area (Å²) in [5.74, 6) is -0.376. The monoisotopic (exact) mass is 299 g/mol. The largest absolute Gasteiger partial charge is 0.481 e. The van der Waals surface area contributed by atoms with Crippen LogP contribution in [-0.2, 0) is 9.47 Å². The van der Waals surface area contributed by atoms with Crippen LogP contribution in [0.15, 0.2) is 12.3 Å². The molecule has 0 N–H and O–H groups in total. The maximum Gasteiger partial charge on any atom is 0.269 e. The molecule has 0 aromatic carbocycles. The maximum atomic E-state index is 13.4. The molecular weight excluding hydrogens is 280 g/mol. The number of nitrogens with zero attached hydrogens (tertiary/aromatic N) is 1. The van der Waals surface area contributed by atoms with Crippen LogP contribution in [0.3, 0.4) is 0 Å². The van der Waals surface area contributed by atoms with E-state index < -0.39 is 12.2 Å². The van der Waals surface area contributed by atoms with Crippen LogP contribution in [0, 0.1) is 0 Å². The Morgan fingerprint density at radius 1 is 1.29 bits per heavy atom. The van der Waals surface area contributed by atoms with Crippen LogP contribution in [0.5, 0.6) is 5.88 Å². The van der Waals surface area contributed by atoms with E-state index in [4.69, 9.17) is 14.2 Å². The van der Waals surface area contributed by atoms with E-state index in [1.54, 1.807) is 6.07 Å². The zero-order chi connectivity index (χ0) is 14.9. The van der Waals surface area contributed by atoms with E-state index in [-0.39, 0.29) is 17.4 Å². The van der Waals surface area contributed by atoms with E-state index in [1.807, 2.05) is 0 Å². The average molecular weight is 299 g/mol. The van der Waals surface area contributed by atoms with Gasteiger partial charge in [-0.2, -0.15) is 0 Å². The second-order valence-corrected chi connectivity index (χ2v) is 5.51. The molecule has 6 heteroatoms. The number of pyridine rings is 1. The Labute approximate surface area is 122 Å². The minimum absolute atomic E-state index is 0.0242. The molecule has 21 heavy (non-hydrogen) atoms. The van der Waals surface area contributed by atoms with Gasteiger partial charge in [0.2, 0.25) is 5.88 Å². The minimum Gasteiger partial charge on any atom is -0.481 e. The highest BCUT2D eigenvalue weighted by Gasteiger charge is 2.41. The quantitative estimate of drug-likeness (QED) is 0.857. The molecule has 116 valence electrons. The van der Waals surface area contributed by atoms with Crippen molar-refractivity contribution >= 4 is 0 Å². The predicted octanol–water partition coefficient (Wildman–Crippen LogP) is 3.43. The summed E-state index contributed by atoms with van der Waals surface area (Å²) in [7, 11) is 1.37. The first-order valence-electron chi connectivity index (χ1n) is 7.24. The molecule has 2 aliphatic rings. The highest BCUT2D eigenvalue weighted by Crippen LogP contribution is 2.45. The van der Waals surface area contributed by atoms with Gasteiger partial charge in [0.25, 0.3) is 6.43 Å². The van der Waals surface area contributed by atoms with Crippen molar-refractivity contribution in [2.24, 2.45) is 0 Å². The third-order valence-electron chi connectivity index (χ3n) is 4.40. The van der Waals surface area contributed by atoms with Crippen molar-refractivity contribution in [2.75, 3.05) is 20.3 Å². The van der Waals surface area contributed by atoms with Crippen LogP contribution in [0.25, 0.3) is 0 Å². The number of halogens is 2. The topological polar surface area (TPSA) is 40.6 Å². The van der Waals surface area contributed by atoms with Crippen LogP contribution in [0.1, 0.15) is 49.2 Å². The van der Waals surface area contributed by atoms with Crippen molar-refractivity contribution in [1.82, 2.24) is 4.98 Å². The minimum atomic E-state index is -2.58. The first-order chi connectivity index (χ1) is 10.2. The molecule has 0 amide bonds. The molecule has 0 atom stereocenters. The summed E-state index contributed by atoms with van der Waals surface area (Å²) in [5, 5.41) is 0. The summed E-state index contributed by atoms with van der Waals surface area (Å²) in [5.41, 5.74) is 0.568. The summed E-state index contributed by atoms with van der Waals surface area (Å²) >= 11 is 0. The van der Waals surface area contributed by atoms with E-state index in [2.05, 4.69) is 4.98 Å². The summed E-state index contributed by atoms with van der Waals surface area (Å²) in [4.78, 5) is 3.89. The maximum absolute atomic E-state index is 13.4. The number of alkyl halides is 2. The number of methoxy groups -OCH3 is 1. The van der Waals surface area contributed by atoms with Crippen LogP contribution in [-0.4, -0.2) is 31.1 Å². The normalized spacial score (nSPS) is 22.1. The van der Waals surface area contributed by atoms with Crippen LogP contribution in [0.4, 0.5) is 8.78 Å². The van der Waals surface area contributed by atoms with Gasteiger partial charge in [-0.3, -0.25) is 0 Å². The summed E-state index contributed by atoms with van der Waals surface area (Å²) in [6.45, 7) is 1.24. The smallest absolute Gasteiger partial charge is 0.269 e. The van der Waals surface area contributed by atoms with Gasteiger partial charge in [0.1, 0.15) is 0 Å². The number of hydrogen-bond acceptors (Lipinski definition) is 4. The Balaban J connectivity index is 1.81. The molecule has 1 aromatic heterocycles. The Morgan fingerprint density at radius 3 is 2.52 bits per heavy atom. The second kappa shape index (κ2) is 5.85. The zero-order valence-corrected chi connectivity index (χ0v) is 12.0. The predicted molar refractivity (Wildman–Crippen MR) is 71.6 cm³/mol. The van der Waals surface area contributed by atoms with Crippen molar-refractivity contribution in [3.63, 3.8) is 0 Å². The van der Waals surface area contributed by atoms with Crippen LogP contribution >= 0.6 is 0 Å². The Bertz CT molecular complexity index is 494. The van der Waals surface area contributed by atoms with Gasteiger partial charge in [0.15, 0.2) is 5.79 Å². The fourth-order valence-electron chi connectivity index (χ4n) is 3.36. The van der Waals surface area contributed by atoms with Gasteiger partial charge < -0.3 is 14.2 Å². The molecular formula is C15H19F2NO3. The first-order valence-corrected chi connectivity index (χ1v) is 7.24. The SMILES string of the molecule is COc1nccc(C2CCC3(CC2)OCCO3)c1C(F)F. The van der Waals surface area contributed by atoms with E-state index in [0.717, 1.165) is 25.7 Å². The van der Waals surface area contributed by atoms with E-state index >= 15 is 0 Å². The van der Waals surface area contributed by atoms with Gasteiger partial charge in [-0.05, 0) is 30.4 Å². The standard InChI is InChI=1S/C15H19F2NO3/c1-19-14-12(13(16)17)11(4-7-18-14)10-2-5-15(6-3-10)20-8-9-21-15/h4,7,10,13H,2-3,5-6,8-9H2,1H3. The van der Waals surface area contributed by atoms with Gasteiger partial charge in [0.05, 0.1) is 25.9 Å². The summed E-state index contributed by atoms with van der Waals surface area (Å²) in [6.07, 6.45) is 1.97. The molecule has 1 spiro atoms. The molecule has 1 aliphatic carbocycles. The lowest BCUT2D eigenvalue weighted by molar-refractivity contribution is -0.178. The van der Waals surface area contributed by atoms with Crippen molar-refractivity contribution in [1.29, 1.82) is 0 Å². The fraction of sp³-hybridized carbons (Fsp3) is 0.667. The van der Waals surface area contributed by atoms with E-state index in [9.17, 15) is 8.78 Å². The number of hydrogen-bond donors (Lipinski definition) is 0. The number of ether oxygens (including phenoxy) is 3. The summed E-state index contributed by atoms with van der Waals surface area (Å²) < 4.78 is 43.1. The highest BCUT2D eigenvalue weighted by molar-refractivity contribution is 5.38. The molecule has 0 bridgehead atoms. The Hall–Kier alpha value is -1.27. The molecule has 2 fully saturated rings. The van der Waals surface area contributed by atoms with Crippen molar-refractivity contribution in [3.05, 3.63) is 23.4 Å². The van der Waals surface area contributed by atoms with Crippen molar-refractivity contribution in [3.8, 4) is 5.88 Å². The molecule has 3 rings (SSSR count). The fourth-order valence-corrected chi connectivity index (χ4v) is 3.36. The first kappa shape index (κ1) is 14.7. The van der Waals surface area contributed by atoms with Crippen molar-refractivity contribution in [2.45, 2.75) is 43.8 Å². The molecule has 1 aliphatic heterocycles. The molecule has 0 radical (unpaired) electrons. The van der Waals surface area contributed by atoms with Gasteiger partial charge in [-0.1, -0.05) is 0 Å². The van der Waals surface area contributed by atoms with Gasteiger partial charge in [-0.25, -0.2) is 13.8 Å². The molecule has 0 unspecified atom stereocenters. The van der Waals surface area contributed by atoms with Crippen LogP contribution in [0.2, 0.25) is 0 Å². The molecule has 4 nitrogen and oxygen atoms in total. The average Bonchev–Trinajstić information content (AvgIpc) is 2.95. The highest BCUT2D eigenvalue weighted by atomic mass is 19.3. The lowest BCUT2D eigenvalue weighted by atomic mass is 9.80. The lowest BCUT2D eigenvalue weighted by Gasteiger charge is -2.36. The van der Waals surface area contributed by atoms with Gasteiger partial charge >= 0.3 is 0 Å². The zero-order valence-electron chi connectivity index (χ0n) is 12.0. The van der Waals surface area contributed by atoms with Crippen LogP contribution < -0.4 is 4.74 Å². The van der Waals surface area contributed by atoms with E-state index in [0.29, 0.717) is 18.8 Å². The number of aromatic nitrogens is 1. The molecule has 2 heterocycles. The molecule has 1 saturated heterocycles. The van der Waals surface area contributed by atoms with Crippen molar-refractivity contribution < 1.29 is 23.0 Å². The third-order valence-corrected chi connectivity index (χ3v) is 4.40. The second-order valence-electron chi connectivity index (χ2n) is 5.51. The molecule has 1 aromatic rings. The Morgan fingerprint density at radius 2 is 1.95 bits per heavy atom. The summed E-state index contributed by atoms with van der Waals surface area (Å²) in [6, 6.07) is 1.68.